The second kappa shape index (κ2) is 15.4. The van der Waals surface area contributed by atoms with Crippen LogP contribution in [0, 0.1) is 11.8 Å². The zero-order valence-corrected chi connectivity index (χ0v) is 30.4. The number of hydrogen-bond acceptors (Lipinski definition) is 15. The Morgan fingerprint density at radius 1 is 1.06 bits per heavy atom. The Morgan fingerprint density at radius 3 is 2.20 bits per heavy atom. The normalized spacial score (nSPS) is 25.5. The van der Waals surface area contributed by atoms with Gasteiger partial charge in [-0.2, -0.15) is 9.97 Å². The number of ether oxygens (including phenoxy) is 5. The molecule has 0 spiro atoms. The van der Waals surface area contributed by atoms with Gasteiger partial charge in [-0.1, -0.05) is 27.7 Å². The van der Waals surface area contributed by atoms with Crippen molar-refractivity contribution in [3.63, 3.8) is 0 Å². The summed E-state index contributed by atoms with van der Waals surface area (Å²) < 4.78 is 50.6. The molecular weight excluding hydrogens is 675 g/mol. The molecule has 19 heteroatoms. The van der Waals surface area contributed by atoms with E-state index in [-0.39, 0.29) is 49.9 Å². The first kappa shape index (κ1) is 37.7. The number of hydrogen-bond donors (Lipinski definition) is 4. The lowest BCUT2D eigenvalue weighted by molar-refractivity contribution is -0.146. The predicted octanol–water partition coefficient (Wildman–Crippen LogP) is 3.43. The molecule has 18 nitrogen and oxygen atoms in total. The number of anilines is 2. The molecule has 0 bridgehead atoms. The van der Waals surface area contributed by atoms with Crippen LogP contribution in [0.15, 0.2) is 6.33 Å². The van der Waals surface area contributed by atoms with Crippen LogP contribution in [0.1, 0.15) is 80.4 Å². The van der Waals surface area contributed by atoms with Gasteiger partial charge in [0.1, 0.15) is 18.2 Å². The number of nitrogens with one attached hydrogen (secondary N) is 3. The molecule has 0 amide bonds. The summed E-state index contributed by atoms with van der Waals surface area (Å²) in [4.78, 5) is 51.9. The van der Waals surface area contributed by atoms with Gasteiger partial charge in [0.2, 0.25) is 5.95 Å². The van der Waals surface area contributed by atoms with Crippen LogP contribution in [-0.2, 0) is 42.4 Å². The van der Waals surface area contributed by atoms with Crippen LogP contribution in [0.3, 0.4) is 0 Å². The Labute approximate surface area is 290 Å². The van der Waals surface area contributed by atoms with Crippen molar-refractivity contribution in [2.75, 3.05) is 30.9 Å². The third-order valence-corrected chi connectivity index (χ3v) is 10.3. The lowest BCUT2D eigenvalue weighted by Crippen LogP contribution is -2.46. The maximum atomic E-state index is 14.8. The summed E-state index contributed by atoms with van der Waals surface area (Å²) in [5.74, 6) is -0.778. The minimum Gasteiger partial charge on any atom is -0.465 e. The van der Waals surface area contributed by atoms with Crippen molar-refractivity contribution >= 4 is 48.7 Å². The van der Waals surface area contributed by atoms with Gasteiger partial charge in [0, 0.05) is 6.04 Å². The Hall–Kier alpha value is -3.57. The number of nitrogens with two attached hydrogens (primary N) is 1. The molecule has 278 valence electrons. The molecule has 3 aliphatic rings. The van der Waals surface area contributed by atoms with E-state index in [0.29, 0.717) is 17.0 Å². The SMILES string of the molecule is CCOC(=O)C(CC(C)C)NP(=O)(NC(CC(C)C)C(=O)OCC)OC[C@H]1O[C@@H](n2cnc3c(NC4CC4)nc(N)nc32)[C@@]2(C)OC(=O)OC12. The van der Waals surface area contributed by atoms with Crippen LogP contribution in [0.5, 0.6) is 0 Å². The maximum Gasteiger partial charge on any atom is 0.509 e. The zero-order valence-electron chi connectivity index (χ0n) is 29.5. The molecule has 5 rings (SSSR count). The van der Waals surface area contributed by atoms with E-state index >= 15 is 0 Å². The van der Waals surface area contributed by atoms with Crippen LogP contribution in [0.2, 0.25) is 0 Å². The first-order valence-electron chi connectivity index (χ1n) is 17.1. The monoisotopic (exact) mass is 724 g/mol. The molecule has 1 saturated carbocycles. The van der Waals surface area contributed by atoms with Gasteiger partial charge in [-0.3, -0.25) is 18.7 Å². The fourth-order valence-electron chi connectivity index (χ4n) is 6.12. The molecule has 2 aliphatic heterocycles. The summed E-state index contributed by atoms with van der Waals surface area (Å²) in [6.45, 7) is 12.4. The third-order valence-electron chi connectivity index (χ3n) is 8.46. The van der Waals surface area contributed by atoms with E-state index in [1.165, 1.54) is 6.33 Å². The molecule has 2 saturated heterocycles. The highest BCUT2D eigenvalue weighted by Gasteiger charge is 2.64. The molecule has 0 radical (unpaired) electrons. The molecule has 3 unspecified atom stereocenters. The van der Waals surface area contributed by atoms with E-state index in [2.05, 4.69) is 30.4 Å². The molecule has 2 aromatic heterocycles. The lowest BCUT2D eigenvalue weighted by atomic mass is 9.96. The topological polar surface area (TPSA) is 229 Å². The van der Waals surface area contributed by atoms with E-state index in [1.807, 2.05) is 27.7 Å². The van der Waals surface area contributed by atoms with Crippen LogP contribution < -0.4 is 21.2 Å². The summed E-state index contributed by atoms with van der Waals surface area (Å²) in [5.41, 5.74) is 5.45. The van der Waals surface area contributed by atoms with E-state index in [0.717, 1.165) is 12.8 Å². The van der Waals surface area contributed by atoms with Gasteiger partial charge in [-0.05, 0) is 58.3 Å². The molecule has 1 aliphatic carbocycles. The van der Waals surface area contributed by atoms with Crippen LogP contribution in [0.4, 0.5) is 16.6 Å². The standard InChI is InChI=1S/C31H49N8O10P/c1-8-44-26(40)19(12-16(3)4)37-50(43,38-20(13-17(5)6)27(41)45-9-2)46-14-21-23-31(7,49-30(42)48-23)28(47-21)39-15-33-22-24(34-18-10-11-18)35-29(32)36-25(22)39/h15-21,23,28H,8-14H2,1-7H3,(H2,37,38,43)(H3,32,34,35,36)/t19?,20?,21-,23?,28-,31+,50?/m1/s1. The van der Waals surface area contributed by atoms with Gasteiger partial charge >= 0.3 is 25.8 Å². The van der Waals surface area contributed by atoms with Crippen molar-refractivity contribution in [2.45, 2.75) is 116 Å². The van der Waals surface area contributed by atoms with Gasteiger partial charge in [-0.15, -0.1) is 0 Å². The van der Waals surface area contributed by atoms with E-state index < -0.39 is 68.5 Å². The number of nitrogen functional groups attached to an aromatic ring is 1. The number of aromatic nitrogens is 4. The smallest absolute Gasteiger partial charge is 0.465 e. The fraction of sp³-hybridized carbons (Fsp3) is 0.742. The van der Waals surface area contributed by atoms with Crippen molar-refractivity contribution in [3.05, 3.63) is 6.33 Å². The van der Waals surface area contributed by atoms with Gasteiger partial charge in [0.05, 0.1) is 26.1 Å². The van der Waals surface area contributed by atoms with E-state index in [4.69, 9.17) is 33.9 Å². The van der Waals surface area contributed by atoms with Crippen molar-refractivity contribution in [3.8, 4) is 0 Å². The van der Waals surface area contributed by atoms with Crippen molar-refractivity contribution < 1.29 is 47.2 Å². The van der Waals surface area contributed by atoms with Gasteiger partial charge in [-0.25, -0.2) is 20.0 Å². The number of carbonyl (C=O) groups excluding carboxylic acids is 3. The summed E-state index contributed by atoms with van der Waals surface area (Å²) in [6, 6.07) is -1.84. The molecule has 2 aromatic rings. The number of imidazole rings is 1. The average Bonchev–Trinajstić information content (AvgIpc) is 3.57. The largest absolute Gasteiger partial charge is 0.509 e. The Morgan fingerprint density at radius 2 is 1.66 bits per heavy atom. The highest BCUT2D eigenvalue weighted by Crippen LogP contribution is 2.49. The second-order valence-electron chi connectivity index (χ2n) is 13.7. The van der Waals surface area contributed by atoms with Gasteiger partial charge in [0.15, 0.2) is 34.9 Å². The van der Waals surface area contributed by atoms with Crippen molar-refractivity contribution in [1.29, 1.82) is 0 Å². The minimum atomic E-state index is -4.29. The van der Waals surface area contributed by atoms with Crippen LogP contribution in [0.25, 0.3) is 11.2 Å². The Kier molecular flexibility index (Phi) is 11.6. The molecule has 3 fully saturated rings. The molecular formula is C31H49N8O10P. The molecule has 4 heterocycles. The predicted molar refractivity (Wildman–Crippen MR) is 180 cm³/mol. The van der Waals surface area contributed by atoms with Gasteiger partial charge < -0.3 is 39.3 Å². The average molecular weight is 725 g/mol. The van der Waals surface area contributed by atoms with Crippen LogP contribution >= 0.6 is 7.67 Å². The summed E-state index contributed by atoms with van der Waals surface area (Å²) in [7, 11) is -4.29. The Bertz CT molecular complexity index is 1560. The van der Waals surface area contributed by atoms with Gasteiger partial charge in [0.25, 0.3) is 0 Å². The maximum absolute atomic E-state index is 14.8. The number of esters is 2. The molecule has 5 N–H and O–H groups in total. The number of nitrogens with zero attached hydrogens (tertiary/aromatic N) is 4. The summed E-state index contributed by atoms with van der Waals surface area (Å²) >= 11 is 0. The Balaban J connectivity index is 1.45. The first-order chi connectivity index (χ1) is 23.7. The van der Waals surface area contributed by atoms with Crippen molar-refractivity contribution in [2.24, 2.45) is 11.8 Å². The molecule has 50 heavy (non-hydrogen) atoms. The molecule has 6 atom stereocenters. The quantitative estimate of drug-likeness (QED) is 0.0980. The number of fused-ring (bicyclic) bond motifs is 2. The third kappa shape index (κ3) is 8.48. The first-order valence-corrected chi connectivity index (χ1v) is 18.7. The number of carbonyl (C=O) groups is 3. The number of rotatable bonds is 18. The summed E-state index contributed by atoms with van der Waals surface area (Å²) in [6.07, 6.45) is -0.0240. The summed E-state index contributed by atoms with van der Waals surface area (Å²) in [5, 5.41) is 8.98. The van der Waals surface area contributed by atoms with Crippen LogP contribution in [-0.4, -0.2) is 93.4 Å². The minimum absolute atomic E-state index is 0.000560. The second-order valence-corrected chi connectivity index (χ2v) is 15.6. The highest BCUT2D eigenvalue weighted by molar-refractivity contribution is 7.54. The molecule has 0 aromatic carbocycles. The van der Waals surface area contributed by atoms with E-state index in [9.17, 15) is 18.9 Å². The van der Waals surface area contributed by atoms with Crippen molar-refractivity contribution in [1.82, 2.24) is 29.7 Å². The zero-order chi connectivity index (χ0) is 36.4. The lowest BCUT2D eigenvalue weighted by Gasteiger charge is -2.30. The fourth-order valence-corrected chi connectivity index (χ4v) is 7.94. The highest BCUT2D eigenvalue weighted by atomic mass is 31.2. The van der Waals surface area contributed by atoms with E-state index in [1.54, 1.807) is 25.3 Å².